The molecular weight excluding hydrogens is 456 g/mol. The van der Waals surface area contributed by atoms with Crippen molar-refractivity contribution in [3.05, 3.63) is 54.1 Å². The summed E-state index contributed by atoms with van der Waals surface area (Å²) in [6, 6.07) is 16.4. The van der Waals surface area contributed by atoms with Gasteiger partial charge in [-0.05, 0) is 42.8 Å². The van der Waals surface area contributed by atoms with Gasteiger partial charge in [0.2, 0.25) is 5.88 Å². The Bertz CT molecular complexity index is 1540. The number of nitriles is 1. The van der Waals surface area contributed by atoms with Crippen LogP contribution >= 0.6 is 0 Å². The molecule has 2 aromatic heterocycles. The zero-order valence-corrected chi connectivity index (χ0v) is 19.9. The predicted octanol–water partition coefficient (Wildman–Crippen LogP) is 3.92. The van der Waals surface area contributed by atoms with Crippen molar-refractivity contribution in [2.45, 2.75) is 6.92 Å². The molecule has 0 bridgehead atoms. The lowest BCUT2D eigenvalue weighted by Crippen LogP contribution is -2.12. The first-order valence-corrected chi connectivity index (χ1v) is 11.9. The lowest BCUT2D eigenvalue weighted by Gasteiger charge is -2.14. The van der Waals surface area contributed by atoms with Crippen LogP contribution in [-0.4, -0.2) is 42.9 Å². The zero-order chi connectivity index (χ0) is 24.5. The Balaban J connectivity index is 1.91. The van der Waals surface area contributed by atoms with Crippen LogP contribution in [0.4, 0.5) is 0 Å². The van der Waals surface area contributed by atoms with E-state index < -0.39 is 10.1 Å². The van der Waals surface area contributed by atoms with E-state index in [9.17, 15) is 13.7 Å². The molecule has 34 heavy (non-hydrogen) atoms. The minimum atomic E-state index is -3.74. The van der Waals surface area contributed by atoms with E-state index in [1.165, 1.54) is 27.2 Å². The molecule has 0 atom stereocenters. The Morgan fingerprint density at radius 3 is 2.44 bits per heavy atom. The van der Waals surface area contributed by atoms with Gasteiger partial charge in [0.05, 0.1) is 31.0 Å². The number of fused-ring (bicyclic) bond motifs is 1. The van der Waals surface area contributed by atoms with E-state index in [0.717, 1.165) is 11.0 Å². The van der Waals surface area contributed by atoms with Crippen molar-refractivity contribution < 1.29 is 22.1 Å². The fourth-order valence-corrected chi connectivity index (χ4v) is 4.12. The summed E-state index contributed by atoms with van der Waals surface area (Å²) >= 11 is 0. The molecule has 0 spiro atoms. The monoisotopic (exact) mass is 478 g/mol. The number of aryl methyl sites for hydroxylation is 1. The van der Waals surface area contributed by atoms with Crippen LogP contribution in [0.25, 0.3) is 33.7 Å². The highest BCUT2D eigenvalue weighted by atomic mass is 32.2. The van der Waals surface area contributed by atoms with Gasteiger partial charge in [-0.15, -0.1) is 0 Å². The summed E-state index contributed by atoms with van der Waals surface area (Å²) in [4.78, 5) is 9.23. The summed E-state index contributed by atoms with van der Waals surface area (Å²) in [5, 5.41) is 9.86. The van der Waals surface area contributed by atoms with Crippen molar-refractivity contribution in [2.24, 2.45) is 7.05 Å². The second-order valence-electron chi connectivity index (χ2n) is 7.33. The number of para-hydroxylation sites is 2. The van der Waals surface area contributed by atoms with Crippen LogP contribution in [0.3, 0.4) is 0 Å². The van der Waals surface area contributed by atoms with Crippen LogP contribution in [0.15, 0.2) is 48.5 Å². The van der Waals surface area contributed by atoms with Gasteiger partial charge in [0.1, 0.15) is 17.3 Å². The number of aromatic nitrogens is 3. The topological polar surface area (TPSA) is 116 Å². The van der Waals surface area contributed by atoms with Gasteiger partial charge in [0, 0.05) is 12.6 Å². The minimum absolute atomic E-state index is 0.0585. The number of methoxy groups -OCH3 is 2. The first-order chi connectivity index (χ1) is 16.3. The first-order valence-electron chi connectivity index (χ1n) is 10.3. The molecule has 2 aromatic carbocycles. The Hall–Kier alpha value is -4.10. The number of nitrogens with zero attached hydrogens (tertiary/aromatic N) is 4. The standard InChI is InChI=1S/C24H22N4O5S/c1-5-34(29,30)33-21-11-10-15(12-22(21)31-3)16-13-19(27-24(32-4)17(16)14-25)23-26-18-8-6-7-9-20(18)28(23)2/h6-13H,5H2,1-4H3. The number of ether oxygens (including phenoxy) is 2. The maximum Gasteiger partial charge on any atom is 0.309 e. The van der Waals surface area contributed by atoms with E-state index >= 15 is 0 Å². The first kappa shape index (κ1) is 23.1. The molecule has 0 aliphatic heterocycles. The van der Waals surface area contributed by atoms with Gasteiger partial charge < -0.3 is 18.2 Å². The molecule has 0 saturated heterocycles. The van der Waals surface area contributed by atoms with Crippen molar-refractivity contribution >= 4 is 21.2 Å². The van der Waals surface area contributed by atoms with Gasteiger partial charge in [-0.3, -0.25) is 0 Å². The van der Waals surface area contributed by atoms with E-state index in [1.54, 1.807) is 18.2 Å². The van der Waals surface area contributed by atoms with Crippen LogP contribution < -0.4 is 13.7 Å². The number of pyridine rings is 1. The second-order valence-corrected chi connectivity index (χ2v) is 9.19. The van der Waals surface area contributed by atoms with Crippen molar-refractivity contribution in [3.63, 3.8) is 0 Å². The lowest BCUT2D eigenvalue weighted by atomic mass is 10.00. The summed E-state index contributed by atoms with van der Waals surface area (Å²) in [6.07, 6.45) is 0. The summed E-state index contributed by atoms with van der Waals surface area (Å²) in [6.45, 7) is 1.49. The molecule has 9 nitrogen and oxygen atoms in total. The molecule has 10 heteroatoms. The molecule has 4 aromatic rings. The summed E-state index contributed by atoms with van der Waals surface area (Å²) < 4.78 is 41.7. The third-order valence-corrected chi connectivity index (χ3v) is 6.49. The molecule has 0 aliphatic carbocycles. The number of hydrogen-bond acceptors (Lipinski definition) is 8. The zero-order valence-electron chi connectivity index (χ0n) is 19.1. The van der Waals surface area contributed by atoms with Crippen LogP contribution in [-0.2, 0) is 17.2 Å². The molecule has 174 valence electrons. The third kappa shape index (κ3) is 4.13. The summed E-state index contributed by atoms with van der Waals surface area (Å²) in [5.74, 6) is 0.835. The number of hydrogen-bond donors (Lipinski definition) is 0. The molecule has 0 aliphatic rings. The predicted molar refractivity (Wildman–Crippen MR) is 127 cm³/mol. The Morgan fingerprint density at radius 2 is 1.79 bits per heavy atom. The van der Waals surface area contributed by atoms with Gasteiger partial charge in [-0.25, -0.2) is 9.97 Å². The van der Waals surface area contributed by atoms with E-state index in [4.69, 9.17) is 18.6 Å². The van der Waals surface area contributed by atoms with E-state index in [2.05, 4.69) is 11.1 Å². The SMILES string of the molecule is CCS(=O)(=O)Oc1ccc(-c2cc(-c3nc4ccccc4n3C)nc(OC)c2C#N)cc1OC. The van der Waals surface area contributed by atoms with Gasteiger partial charge in [0.15, 0.2) is 17.3 Å². The van der Waals surface area contributed by atoms with Crippen LogP contribution in [0, 0.1) is 11.3 Å². The van der Waals surface area contributed by atoms with Crippen molar-refractivity contribution in [1.29, 1.82) is 5.26 Å². The fourth-order valence-electron chi connectivity index (χ4n) is 3.59. The molecule has 4 rings (SSSR count). The third-order valence-electron chi connectivity index (χ3n) is 5.35. The lowest BCUT2D eigenvalue weighted by molar-refractivity contribution is 0.391. The van der Waals surface area contributed by atoms with Gasteiger partial charge in [0.25, 0.3) is 0 Å². The van der Waals surface area contributed by atoms with Gasteiger partial charge in [-0.1, -0.05) is 18.2 Å². The fraction of sp³-hybridized carbons (Fsp3) is 0.208. The Morgan fingerprint density at radius 1 is 1.03 bits per heavy atom. The van der Waals surface area contributed by atoms with E-state index in [1.807, 2.05) is 35.9 Å². The average molecular weight is 479 g/mol. The highest BCUT2D eigenvalue weighted by molar-refractivity contribution is 7.87. The second kappa shape index (κ2) is 9.03. The summed E-state index contributed by atoms with van der Waals surface area (Å²) in [5.41, 5.74) is 3.60. The number of benzene rings is 2. The van der Waals surface area contributed by atoms with Crippen molar-refractivity contribution in [3.8, 4) is 46.1 Å². The maximum atomic E-state index is 11.9. The van der Waals surface area contributed by atoms with Gasteiger partial charge >= 0.3 is 10.1 Å². The molecular formula is C24H22N4O5S. The van der Waals surface area contributed by atoms with Crippen LogP contribution in [0.1, 0.15) is 12.5 Å². The smallest absolute Gasteiger partial charge is 0.309 e. The molecule has 0 saturated carbocycles. The normalized spacial score (nSPS) is 11.3. The Labute approximate surface area is 197 Å². The maximum absolute atomic E-state index is 11.9. The summed E-state index contributed by atoms with van der Waals surface area (Å²) in [7, 11) is 1.00. The van der Waals surface area contributed by atoms with Crippen molar-refractivity contribution in [2.75, 3.05) is 20.0 Å². The van der Waals surface area contributed by atoms with Crippen molar-refractivity contribution in [1.82, 2.24) is 14.5 Å². The Kier molecular flexibility index (Phi) is 6.13. The van der Waals surface area contributed by atoms with Crippen LogP contribution in [0.2, 0.25) is 0 Å². The average Bonchev–Trinajstić information content (AvgIpc) is 3.19. The highest BCUT2D eigenvalue weighted by Crippen LogP contribution is 2.38. The highest BCUT2D eigenvalue weighted by Gasteiger charge is 2.21. The minimum Gasteiger partial charge on any atom is -0.493 e. The molecule has 0 unspecified atom stereocenters. The molecule has 0 radical (unpaired) electrons. The van der Waals surface area contributed by atoms with E-state index in [0.29, 0.717) is 22.6 Å². The molecule has 0 amide bonds. The molecule has 0 fully saturated rings. The molecule has 2 heterocycles. The van der Waals surface area contributed by atoms with E-state index in [-0.39, 0.29) is 28.7 Å². The number of rotatable bonds is 7. The molecule has 0 N–H and O–H groups in total. The van der Waals surface area contributed by atoms with Gasteiger partial charge in [-0.2, -0.15) is 13.7 Å². The van der Waals surface area contributed by atoms with Crippen LogP contribution in [0.5, 0.6) is 17.4 Å². The number of imidazole rings is 1. The largest absolute Gasteiger partial charge is 0.493 e. The quantitative estimate of drug-likeness (QED) is 0.367.